The van der Waals surface area contributed by atoms with Crippen molar-refractivity contribution in [1.82, 2.24) is 10.6 Å². The molecule has 0 aromatic heterocycles. The largest absolute Gasteiger partial charge is 0.480 e. The number of aliphatic carboxylic acids is 1. The van der Waals surface area contributed by atoms with E-state index in [9.17, 15) is 24.3 Å². The van der Waals surface area contributed by atoms with Crippen molar-refractivity contribution in [3.05, 3.63) is 71.3 Å². The molecule has 35 heavy (non-hydrogen) atoms. The minimum absolute atomic E-state index is 0.0236. The Hall–Kier alpha value is -4.14. The van der Waals surface area contributed by atoms with E-state index in [4.69, 9.17) is 4.74 Å². The van der Waals surface area contributed by atoms with Gasteiger partial charge in [-0.25, -0.2) is 9.59 Å². The molecule has 1 unspecified atom stereocenters. The molecule has 0 spiro atoms. The average Bonchev–Trinajstić information content (AvgIpc) is 3.18. The number of benzene rings is 2. The predicted octanol–water partition coefficient (Wildman–Crippen LogP) is 2.99. The number of carboxylic acids is 1. The first kappa shape index (κ1) is 25.5. The highest BCUT2D eigenvalue weighted by molar-refractivity contribution is 5.95. The van der Waals surface area contributed by atoms with Crippen LogP contribution in [0.15, 0.2) is 60.2 Å². The maximum Gasteiger partial charge on any atom is 0.407 e. The van der Waals surface area contributed by atoms with Crippen LogP contribution in [0.5, 0.6) is 0 Å². The molecule has 0 saturated carbocycles. The Morgan fingerprint density at radius 3 is 2.20 bits per heavy atom. The number of nitrogens with one attached hydrogen (secondary N) is 2. The first-order valence-electron chi connectivity index (χ1n) is 11.2. The summed E-state index contributed by atoms with van der Waals surface area (Å²) in [6.07, 6.45) is 0.590. The number of fused-ring (bicyclic) bond motifs is 3. The molecule has 2 amide bonds. The van der Waals surface area contributed by atoms with E-state index in [1.54, 1.807) is 0 Å². The van der Waals surface area contributed by atoms with Crippen molar-refractivity contribution in [3.8, 4) is 11.1 Å². The van der Waals surface area contributed by atoms with Gasteiger partial charge in [0.2, 0.25) is 5.91 Å². The van der Waals surface area contributed by atoms with Crippen LogP contribution in [0.3, 0.4) is 0 Å². The Morgan fingerprint density at radius 2 is 1.63 bits per heavy atom. The van der Waals surface area contributed by atoms with Gasteiger partial charge >= 0.3 is 18.0 Å². The van der Waals surface area contributed by atoms with E-state index >= 15 is 0 Å². The summed E-state index contributed by atoms with van der Waals surface area (Å²) in [5, 5.41) is 14.2. The van der Waals surface area contributed by atoms with Crippen LogP contribution in [0.2, 0.25) is 0 Å². The summed E-state index contributed by atoms with van der Waals surface area (Å²) in [5.74, 6) is -2.50. The number of hydrogen-bond acceptors (Lipinski definition) is 6. The summed E-state index contributed by atoms with van der Waals surface area (Å²) in [7, 11) is 1.20. The monoisotopic (exact) mass is 480 g/mol. The van der Waals surface area contributed by atoms with Gasteiger partial charge in [0.15, 0.2) is 0 Å². The Morgan fingerprint density at radius 1 is 1.03 bits per heavy atom. The van der Waals surface area contributed by atoms with Crippen molar-refractivity contribution in [2.75, 3.05) is 20.3 Å². The molecule has 0 heterocycles. The van der Waals surface area contributed by atoms with Crippen LogP contribution in [-0.2, 0) is 23.9 Å². The lowest BCUT2D eigenvalue weighted by atomic mass is 9.98. The zero-order chi connectivity index (χ0) is 25.4. The second kappa shape index (κ2) is 11.8. The van der Waals surface area contributed by atoms with Crippen LogP contribution < -0.4 is 10.6 Å². The van der Waals surface area contributed by atoms with E-state index in [1.165, 1.54) is 20.1 Å². The van der Waals surface area contributed by atoms with Crippen LogP contribution in [0.1, 0.15) is 36.8 Å². The number of rotatable bonds is 10. The van der Waals surface area contributed by atoms with Gasteiger partial charge in [0, 0.05) is 24.5 Å². The molecular weight excluding hydrogens is 452 g/mol. The molecule has 184 valence electrons. The van der Waals surface area contributed by atoms with E-state index in [2.05, 4.69) is 27.5 Å². The van der Waals surface area contributed by atoms with Gasteiger partial charge in [-0.2, -0.15) is 0 Å². The molecule has 3 rings (SSSR count). The van der Waals surface area contributed by atoms with E-state index in [1.807, 2.05) is 36.4 Å². The van der Waals surface area contributed by atoms with Gasteiger partial charge in [-0.1, -0.05) is 54.6 Å². The van der Waals surface area contributed by atoms with Crippen molar-refractivity contribution < 1.29 is 33.8 Å². The molecule has 9 nitrogen and oxygen atoms in total. The van der Waals surface area contributed by atoms with Crippen LogP contribution in [0.25, 0.3) is 11.1 Å². The zero-order valence-corrected chi connectivity index (χ0v) is 19.6. The SMILES string of the molecule is COC(=O)CCC(NC(=O)/C(C)=C/CNC(=O)OCC1c2ccccc2-c2ccccc21)C(=O)O. The van der Waals surface area contributed by atoms with Crippen molar-refractivity contribution >= 4 is 23.9 Å². The van der Waals surface area contributed by atoms with Crippen molar-refractivity contribution in [2.45, 2.75) is 31.7 Å². The molecule has 0 aliphatic heterocycles. The fourth-order valence-corrected chi connectivity index (χ4v) is 3.92. The first-order chi connectivity index (χ1) is 16.8. The molecule has 1 aliphatic rings. The average molecular weight is 481 g/mol. The van der Waals surface area contributed by atoms with Gasteiger partial charge in [0.25, 0.3) is 0 Å². The number of alkyl carbamates (subject to hydrolysis) is 1. The van der Waals surface area contributed by atoms with Crippen LogP contribution in [0, 0.1) is 0 Å². The number of amides is 2. The summed E-state index contributed by atoms with van der Waals surface area (Å²) in [6, 6.07) is 14.8. The number of esters is 1. The van der Waals surface area contributed by atoms with E-state index in [0.29, 0.717) is 0 Å². The number of hydrogen-bond donors (Lipinski definition) is 3. The van der Waals surface area contributed by atoms with Crippen LogP contribution in [-0.4, -0.2) is 55.3 Å². The third-order valence-electron chi connectivity index (χ3n) is 5.82. The highest BCUT2D eigenvalue weighted by Gasteiger charge is 2.29. The second-order valence-electron chi connectivity index (χ2n) is 8.07. The third kappa shape index (κ3) is 6.47. The molecule has 2 aromatic carbocycles. The van der Waals surface area contributed by atoms with Gasteiger partial charge < -0.3 is 25.2 Å². The maximum atomic E-state index is 12.3. The summed E-state index contributed by atoms with van der Waals surface area (Å²) in [4.78, 5) is 47.1. The minimum Gasteiger partial charge on any atom is -0.480 e. The lowest BCUT2D eigenvalue weighted by Gasteiger charge is -2.15. The Balaban J connectivity index is 1.49. The number of methoxy groups -OCH3 is 1. The summed E-state index contributed by atoms with van der Waals surface area (Å²) >= 11 is 0. The standard InChI is InChI=1S/C26H28N2O7/c1-16(24(30)28-22(25(31)32)11-12-23(29)34-2)13-14-27-26(33)35-15-21-19-9-5-3-7-17(19)18-8-4-6-10-20(18)21/h3-10,13,21-22H,11-12,14-15H2,1-2H3,(H,27,33)(H,28,30)(H,31,32)/b16-13+. The molecule has 1 aliphatic carbocycles. The lowest BCUT2D eigenvalue weighted by molar-refractivity contribution is -0.143. The normalized spacial score (nSPS) is 13.3. The molecule has 3 N–H and O–H groups in total. The van der Waals surface area contributed by atoms with Crippen molar-refractivity contribution in [3.63, 3.8) is 0 Å². The first-order valence-corrected chi connectivity index (χ1v) is 11.2. The van der Waals surface area contributed by atoms with Gasteiger partial charge in [0.05, 0.1) is 7.11 Å². The Labute approximate surface area is 203 Å². The molecule has 1 atom stereocenters. The fraction of sp³-hybridized carbons (Fsp3) is 0.308. The van der Waals surface area contributed by atoms with Gasteiger partial charge in [-0.3, -0.25) is 9.59 Å². The van der Waals surface area contributed by atoms with E-state index in [-0.39, 0.29) is 37.5 Å². The summed E-state index contributed by atoms with van der Waals surface area (Å²) in [6.45, 7) is 1.69. The lowest BCUT2D eigenvalue weighted by Crippen LogP contribution is -2.41. The van der Waals surface area contributed by atoms with Gasteiger partial charge in [-0.15, -0.1) is 0 Å². The van der Waals surface area contributed by atoms with Crippen LogP contribution >= 0.6 is 0 Å². The summed E-state index contributed by atoms with van der Waals surface area (Å²) < 4.78 is 9.93. The topological polar surface area (TPSA) is 131 Å². The minimum atomic E-state index is -1.26. The Bertz CT molecular complexity index is 1100. The van der Waals surface area contributed by atoms with Crippen molar-refractivity contribution in [2.24, 2.45) is 0 Å². The number of carboxylic acid groups (broad SMARTS) is 1. The number of ether oxygens (including phenoxy) is 2. The molecule has 0 fully saturated rings. The molecule has 0 saturated heterocycles. The maximum absolute atomic E-state index is 12.3. The highest BCUT2D eigenvalue weighted by atomic mass is 16.5. The zero-order valence-electron chi connectivity index (χ0n) is 19.6. The van der Waals surface area contributed by atoms with E-state index < -0.39 is 30.0 Å². The summed E-state index contributed by atoms with van der Waals surface area (Å²) in [5.41, 5.74) is 4.69. The Kier molecular flexibility index (Phi) is 8.61. The second-order valence-corrected chi connectivity index (χ2v) is 8.07. The quantitative estimate of drug-likeness (QED) is 0.352. The molecule has 2 aromatic rings. The molecular formula is C26H28N2O7. The predicted molar refractivity (Wildman–Crippen MR) is 128 cm³/mol. The smallest absolute Gasteiger partial charge is 0.407 e. The van der Waals surface area contributed by atoms with E-state index in [0.717, 1.165) is 22.3 Å². The number of carbonyl (C=O) groups is 4. The van der Waals surface area contributed by atoms with Gasteiger partial charge in [0.1, 0.15) is 12.6 Å². The molecule has 0 bridgehead atoms. The highest BCUT2D eigenvalue weighted by Crippen LogP contribution is 2.44. The molecule has 0 radical (unpaired) electrons. The van der Waals surface area contributed by atoms with Gasteiger partial charge in [-0.05, 0) is 35.6 Å². The third-order valence-corrected chi connectivity index (χ3v) is 5.82. The number of carbonyl (C=O) groups excluding carboxylic acids is 3. The van der Waals surface area contributed by atoms with Crippen molar-refractivity contribution in [1.29, 1.82) is 0 Å². The van der Waals surface area contributed by atoms with Crippen LogP contribution in [0.4, 0.5) is 4.79 Å². The molecule has 9 heteroatoms. The fourth-order valence-electron chi connectivity index (χ4n) is 3.92.